The second-order valence-corrected chi connectivity index (χ2v) is 4.21. The van der Waals surface area contributed by atoms with Crippen molar-refractivity contribution < 1.29 is 0 Å². The maximum absolute atomic E-state index is 5.62. The Bertz CT molecular complexity index is 110. The number of hydrogen-bond acceptors (Lipinski definition) is 1. The van der Waals surface area contributed by atoms with Crippen molar-refractivity contribution in [1.82, 2.24) is 5.32 Å². The number of nitrogens with one attached hydrogen (secondary N) is 1. The highest BCUT2D eigenvalue weighted by atomic mass is 35.5. The van der Waals surface area contributed by atoms with Crippen LogP contribution in [0, 0.1) is 5.92 Å². The van der Waals surface area contributed by atoms with Crippen LogP contribution in [-0.4, -0.2) is 18.5 Å². The van der Waals surface area contributed by atoms with Gasteiger partial charge in [0.25, 0.3) is 0 Å². The highest BCUT2D eigenvalue weighted by Gasteiger charge is 2.18. The highest BCUT2D eigenvalue weighted by molar-refractivity contribution is 6.18. The van der Waals surface area contributed by atoms with Gasteiger partial charge < -0.3 is 5.32 Å². The first-order chi connectivity index (χ1) is 5.84. The number of rotatable bonds is 4. The largest absolute Gasteiger partial charge is 0.313 e. The van der Waals surface area contributed by atoms with Gasteiger partial charge in [-0.2, -0.15) is 0 Å². The Morgan fingerprint density at radius 2 is 2.00 bits per heavy atom. The van der Waals surface area contributed by atoms with Gasteiger partial charge in [-0.15, -0.1) is 11.6 Å². The van der Waals surface area contributed by atoms with E-state index in [1.54, 1.807) is 0 Å². The van der Waals surface area contributed by atoms with Crippen molar-refractivity contribution in [3.8, 4) is 0 Å². The molecule has 1 unspecified atom stereocenters. The van der Waals surface area contributed by atoms with E-state index in [2.05, 4.69) is 12.2 Å². The molecule has 1 fully saturated rings. The zero-order valence-corrected chi connectivity index (χ0v) is 8.74. The Labute approximate surface area is 80.9 Å². The first kappa shape index (κ1) is 10.3. The molecule has 1 rings (SSSR count). The SMILES string of the molecule is CC(NCCCl)C1CCCCC1. The van der Waals surface area contributed by atoms with Gasteiger partial charge in [0.1, 0.15) is 0 Å². The molecule has 0 radical (unpaired) electrons. The molecule has 0 amide bonds. The van der Waals surface area contributed by atoms with E-state index in [4.69, 9.17) is 11.6 Å². The first-order valence-corrected chi connectivity index (χ1v) is 5.67. The third kappa shape index (κ3) is 3.32. The summed E-state index contributed by atoms with van der Waals surface area (Å²) in [6.07, 6.45) is 7.13. The monoisotopic (exact) mass is 189 g/mol. The minimum atomic E-state index is 0.670. The van der Waals surface area contributed by atoms with Crippen LogP contribution in [0.5, 0.6) is 0 Å². The quantitative estimate of drug-likeness (QED) is 0.671. The van der Waals surface area contributed by atoms with Gasteiger partial charge in [0.15, 0.2) is 0 Å². The Morgan fingerprint density at radius 1 is 1.33 bits per heavy atom. The molecule has 0 heterocycles. The molecular weight excluding hydrogens is 170 g/mol. The van der Waals surface area contributed by atoms with Gasteiger partial charge in [-0.3, -0.25) is 0 Å². The topological polar surface area (TPSA) is 12.0 Å². The second-order valence-electron chi connectivity index (χ2n) is 3.83. The zero-order chi connectivity index (χ0) is 8.81. The number of hydrogen-bond donors (Lipinski definition) is 1. The molecule has 2 heteroatoms. The average molecular weight is 190 g/mol. The van der Waals surface area contributed by atoms with Gasteiger partial charge in [0, 0.05) is 18.5 Å². The summed E-state index contributed by atoms with van der Waals surface area (Å²) < 4.78 is 0. The zero-order valence-electron chi connectivity index (χ0n) is 7.98. The Morgan fingerprint density at radius 3 is 2.58 bits per heavy atom. The van der Waals surface area contributed by atoms with Crippen LogP contribution in [0.1, 0.15) is 39.0 Å². The fourth-order valence-corrected chi connectivity index (χ4v) is 2.19. The summed E-state index contributed by atoms with van der Waals surface area (Å²) in [6, 6.07) is 0.670. The molecule has 0 saturated heterocycles. The van der Waals surface area contributed by atoms with Crippen molar-refractivity contribution in [3.05, 3.63) is 0 Å². The molecular formula is C10H20ClN. The molecule has 0 aliphatic heterocycles. The fourth-order valence-electron chi connectivity index (χ4n) is 2.08. The molecule has 72 valence electrons. The van der Waals surface area contributed by atoms with Crippen LogP contribution in [0.15, 0.2) is 0 Å². The molecule has 12 heavy (non-hydrogen) atoms. The van der Waals surface area contributed by atoms with Crippen molar-refractivity contribution in [3.63, 3.8) is 0 Å². The standard InChI is InChI=1S/C10H20ClN/c1-9(12-8-7-11)10-5-3-2-4-6-10/h9-10,12H,2-8H2,1H3. The van der Waals surface area contributed by atoms with Gasteiger partial charge in [-0.1, -0.05) is 19.3 Å². The fraction of sp³-hybridized carbons (Fsp3) is 1.00. The van der Waals surface area contributed by atoms with Crippen LogP contribution in [0.3, 0.4) is 0 Å². The molecule has 0 aromatic heterocycles. The van der Waals surface area contributed by atoms with Crippen LogP contribution in [0.2, 0.25) is 0 Å². The van der Waals surface area contributed by atoms with Gasteiger partial charge in [-0.05, 0) is 25.7 Å². The van der Waals surface area contributed by atoms with E-state index in [9.17, 15) is 0 Å². The summed E-state index contributed by atoms with van der Waals surface area (Å²) in [5, 5.41) is 3.47. The lowest BCUT2D eigenvalue weighted by atomic mass is 9.84. The predicted molar refractivity (Wildman–Crippen MR) is 54.8 cm³/mol. The van der Waals surface area contributed by atoms with E-state index in [1.165, 1.54) is 32.1 Å². The average Bonchev–Trinajstić information content (AvgIpc) is 2.15. The molecule has 0 spiro atoms. The summed E-state index contributed by atoms with van der Waals surface area (Å²) >= 11 is 5.62. The van der Waals surface area contributed by atoms with E-state index >= 15 is 0 Å². The maximum atomic E-state index is 5.62. The lowest BCUT2D eigenvalue weighted by molar-refractivity contribution is 0.285. The van der Waals surface area contributed by atoms with E-state index in [-0.39, 0.29) is 0 Å². The molecule has 0 bridgehead atoms. The molecule has 1 atom stereocenters. The van der Waals surface area contributed by atoms with Crippen LogP contribution in [0.4, 0.5) is 0 Å². The van der Waals surface area contributed by atoms with E-state index in [0.717, 1.165) is 18.3 Å². The van der Waals surface area contributed by atoms with Crippen molar-refractivity contribution in [2.75, 3.05) is 12.4 Å². The molecule has 1 nitrogen and oxygen atoms in total. The van der Waals surface area contributed by atoms with Crippen LogP contribution in [0.25, 0.3) is 0 Å². The maximum Gasteiger partial charge on any atom is 0.0348 e. The highest BCUT2D eigenvalue weighted by Crippen LogP contribution is 2.26. The third-order valence-corrected chi connectivity index (χ3v) is 3.11. The lowest BCUT2D eigenvalue weighted by Gasteiger charge is -2.28. The lowest BCUT2D eigenvalue weighted by Crippen LogP contribution is -2.35. The van der Waals surface area contributed by atoms with E-state index < -0.39 is 0 Å². The summed E-state index contributed by atoms with van der Waals surface area (Å²) in [7, 11) is 0. The molecule has 1 saturated carbocycles. The molecule has 0 aromatic carbocycles. The molecule has 1 aliphatic rings. The molecule has 1 N–H and O–H groups in total. The van der Waals surface area contributed by atoms with Crippen LogP contribution >= 0.6 is 11.6 Å². The minimum absolute atomic E-state index is 0.670. The minimum Gasteiger partial charge on any atom is -0.313 e. The van der Waals surface area contributed by atoms with Crippen LogP contribution in [-0.2, 0) is 0 Å². The second kappa shape index (κ2) is 5.82. The van der Waals surface area contributed by atoms with Gasteiger partial charge in [0.05, 0.1) is 0 Å². The first-order valence-electron chi connectivity index (χ1n) is 5.14. The summed E-state index contributed by atoms with van der Waals surface area (Å²) in [5.41, 5.74) is 0. The van der Waals surface area contributed by atoms with Crippen molar-refractivity contribution in [1.29, 1.82) is 0 Å². The van der Waals surface area contributed by atoms with E-state index in [1.807, 2.05) is 0 Å². The number of alkyl halides is 1. The van der Waals surface area contributed by atoms with Crippen molar-refractivity contribution >= 4 is 11.6 Å². The Hall–Kier alpha value is 0.250. The Balaban J connectivity index is 2.15. The predicted octanol–water partition coefficient (Wildman–Crippen LogP) is 2.78. The van der Waals surface area contributed by atoms with Crippen molar-refractivity contribution in [2.24, 2.45) is 5.92 Å². The normalized spacial score (nSPS) is 22.5. The van der Waals surface area contributed by atoms with Crippen LogP contribution < -0.4 is 5.32 Å². The number of halogens is 1. The van der Waals surface area contributed by atoms with E-state index in [0.29, 0.717) is 6.04 Å². The third-order valence-electron chi connectivity index (χ3n) is 2.92. The van der Waals surface area contributed by atoms with Crippen molar-refractivity contribution in [2.45, 2.75) is 45.1 Å². The smallest absolute Gasteiger partial charge is 0.0348 e. The van der Waals surface area contributed by atoms with Gasteiger partial charge in [0.2, 0.25) is 0 Å². The van der Waals surface area contributed by atoms with Gasteiger partial charge in [-0.25, -0.2) is 0 Å². The Kier molecular flexibility index (Phi) is 5.01. The molecule has 0 aromatic rings. The van der Waals surface area contributed by atoms with Gasteiger partial charge >= 0.3 is 0 Å². The molecule has 1 aliphatic carbocycles. The summed E-state index contributed by atoms with van der Waals surface area (Å²) in [5.74, 6) is 1.64. The summed E-state index contributed by atoms with van der Waals surface area (Å²) in [4.78, 5) is 0. The summed E-state index contributed by atoms with van der Waals surface area (Å²) in [6.45, 7) is 3.25.